The number of aromatic nitrogens is 3. The van der Waals surface area contributed by atoms with Crippen LogP contribution in [0.1, 0.15) is 32.4 Å². The van der Waals surface area contributed by atoms with Gasteiger partial charge in [-0.15, -0.1) is 5.10 Å². The van der Waals surface area contributed by atoms with Crippen molar-refractivity contribution in [3.8, 4) is 0 Å². The quantitative estimate of drug-likeness (QED) is 0.695. The average molecular weight is 183 g/mol. The molecule has 0 bridgehead atoms. The average Bonchev–Trinajstić information content (AvgIpc) is 2.52. The summed E-state index contributed by atoms with van der Waals surface area (Å²) in [5.74, 6) is 0.267. The van der Waals surface area contributed by atoms with E-state index in [2.05, 4.69) is 10.3 Å². The van der Waals surface area contributed by atoms with Gasteiger partial charge in [0.05, 0.1) is 18.5 Å². The van der Waals surface area contributed by atoms with E-state index >= 15 is 0 Å². The van der Waals surface area contributed by atoms with Crippen LogP contribution in [0.4, 0.5) is 4.79 Å². The van der Waals surface area contributed by atoms with Gasteiger partial charge in [0.25, 0.3) is 0 Å². The van der Waals surface area contributed by atoms with Crippen molar-refractivity contribution in [1.29, 1.82) is 0 Å². The number of carbonyl (C=O) groups is 1. The highest BCUT2D eigenvalue weighted by atomic mass is 16.6. The predicted molar refractivity (Wildman–Crippen MR) is 46.5 cm³/mol. The number of hydrogen-bond acceptors (Lipinski definition) is 4. The van der Waals surface area contributed by atoms with E-state index in [4.69, 9.17) is 4.74 Å². The second-order valence-corrected chi connectivity index (χ2v) is 2.94. The van der Waals surface area contributed by atoms with Crippen LogP contribution in [0.5, 0.6) is 0 Å². The topological polar surface area (TPSA) is 57.0 Å². The van der Waals surface area contributed by atoms with Gasteiger partial charge in [0.2, 0.25) is 0 Å². The van der Waals surface area contributed by atoms with Crippen molar-refractivity contribution in [3.05, 3.63) is 11.9 Å². The molecular formula is C8H13N3O2. The lowest BCUT2D eigenvalue weighted by molar-refractivity contribution is 0.150. The summed E-state index contributed by atoms with van der Waals surface area (Å²) in [6, 6.07) is 0. The Morgan fingerprint density at radius 3 is 2.85 bits per heavy atom. The van der Waals surface area contributed by atoms with Crippen LogP contribution in [0.2, 0.25) is 0 Å². The molecule has 1 aromatic heterocycles. The number of nitrogens with zero attached hydrogens (tertiary/aromatic N) is 3. The van der Waals surface area contributed by atoms with Crippen molar-refractivity contribution in [2.24, 2.45) is 0 Å². The Morgan fingerprint density at radius 1 is 1.69 bits per heavy atom. The van der Waals surface area contributed by atoms with Gasteiger partial charge in [-0.3, -0.25) is 0 Å². The molecule has 0 fully saturated rings. The summed E-state index contributed by atoms with van der Waals surface area (Å²) >= 11 is 0. The fraction of sp³-hybridized carbons (Fsp3) is 0.625. The first-order valence-electron chi connectivity index (χ1n) is 4.24. The Bertz CT molecular complexity index is 293. The van der Waals surface area contributed by atoms with Crippen LogP contribution >= 0.6 is 0 Å². The van der Waals surface area contributed by atoms with Crippen molar-refractivity contribution >= 4 is 6.09 Å². The van der Waals surface area contributed by atoms with Crippen molar-refractivity contribution in [1.82, 2.24) is 15.0 Å². The molecule has 0 aliphatic heterocycles. The summed E-state index contributed by atoms with van der Waals surface area (Å²) < 4.78 is 5.85. The molecule has 0 spiro atoms. The molecule has 0 aromatic carbocycles. The Labute approximate surface area is 76.7 Å². The molecule has 0 amide bonds. The molecule has 0 unspecified atom stereocenters. The molecule has 1 aromatic rings. The summed E-state index contributed by atoms with van der Waals surface area (Å²) in [6.45, 7) is 6.06. The minimum atomic E-state index is -0.484. The number of ether oxygens (including phenoxy) is 1. The second kappa shape index (κ2) is 4.02. The van der Waals surface area contributed by atoms with Crippen LogP contribution in [0.25, 0.3) is 0 Å². The van der Waals surface area contributed by atoms with E-state index < -0.39 is 6.09 Å². The predicted octanol–water partition coefficient (Wildman–Crippen LogP) is 1.41. The normalized spacial score (nSPS) is 10.5. The van der Waals surface area contributed by atoms with Crippen LogP contribution in [0, 0.1) is 0 Å². The summed E-state index contributed by atoms with van der Waals surface area (Å²) in [5, 5.41) is 7.48. The SMILES string of the molecule is CCOC(=O)n1cc(C(C)C)nn1. The van der Waals surface area contributed by atoms with Crippen LogP contribution < -0.4 is 0 Å². The lowest BCUT2D eigenvalue weighted by Crippen LogP contribution is -2.13. The van der Waals surface area contributed by atoms with Crippen LogP contribution in [0.3, 0.4) is 0 Å². The third-order valence-corrected chi connectivity index (χ3v) is 1.56. The molecule has 0 atom stereocenters. The van der Waals surface area contributed by atoms with E-state index in [-0.39, 0.29) is 5.92 Å². The van der Waals surface area contributed by atoms with Crippen LogP contribution in [-0.2, 0) is 4.74 Å². The summed E-state index contributed by atoms with van der Waals surface area (Å²) in [6.07, 6.45) is 1.10. The Morgan fingerprint density at radius 2 is 2.38 bits per heavy atom. The zero-order chi connectivity index (χ0) is 9.84. The first kappa shape index (κ1) is 9.70. The third kappa shape index (κ3) is 2.27. The molecule has 0 radical (unpaired) electrons. The molecule has 0 N–H and O–H groups in total. The molecule has 5 nitrogen and oxygen atoms in total. The van der Waals surface area contributed by atoms with Gasteiger partial charge >= 0.3 is 6.09 Å². The molecule has 0 saturated carbocycles. The zero-order valence-corrected chi connectivity index (χ0v) is 8.02. The standard InChI is InChI=1S/C8H13N3O2/c1-4-13-8(12)11-5-7(6(2)3)9-10-11/h5-6H,4H2,1-3H3. The molecule has 1 rings (SSSR count). The first-order chi connectivity index (χ1) is 6.15. The number of carbonyl (C=O) groups excluding carboxylic acids is 1. The largest absolute Gasteiger partial charge is 0.448 e. The molecular weight excluding hydrogens is 170 g/mol. The number of rotatable bonds is 2. The maximum Gasteiger partial charge on any atom is 0.436 e. The van der Waals surface area contributed by atoms with Gasteiger partial charge in [-0.2, -0.15) is 4.68 Å². The first-order valence-corrected chi connectivity index (χ1v) is 4.24. The molecule has 72 valence electrons. The van der Waals surface area contributed by atoms with E-state index in [1.807, 2.05) is 13.8 Å². The van der Waals surface area contributed by atoms with E-state index in [0.717, 1.165) is 10.4 Å². The highest BCUT2D eigenvalue weighted by molar-refractivity contribution is 5.68. The second-order valence-electron chi connectivity index (χ2n) is 2.94. The Balaban J connectivity index is 2.73. The minimum Gasteiger partial charge on any atom is -0.448 e. The van der Waals surface area contributed by atoms with Gasteiger partial charge in [0, 0.05) is 0 Å². The lowest BCUT2D eigenvalue weighted by Gasteiger charge is -1.98. The highest BCUT2D eigenvalue weighted by Gasteiger charge is 2.10. The molecule has 0 saturated heterocycles. The maximum absolute atomic E-state index is 11.1. The molecule has 0 aliphatic carbocycles. The monoisotopic (exact) mass is 183 g/mol. The molecule has 5 heteroatoms. The Kier molecular flexibility index (Phi) is 3.00. The Hall–Kier alpha value is -1.39. The minimum absolute atomic E-state index is 0.267. The van der Waals surface area contributed by atoms with E-state index in [1.165, 1.54) is 0 Å². The summed E-state index contributed by atoms with van der Waals surface area (Å²) in [5.41, 5.74) is 0.785. The van der Waals surface area contributed by atoms with Gasteiger partial charge in [-0.1, -0.05) is 19.1 Å². The lowest BCUT2D eigenvalue weighted by atomic mass is 10.2. The van der Waals surface area contributed by atoms with Crippen molar-refractivity contribution in [3.63, 3.8) is 0 Å². The summed E-state index contributed by atoms with van der Waals surface area (Å²) in [4.78, 5) is 11.1. The van der Waals surface area contributed by atoms with E-state index in [0.29, 0.717) is 6.61 Å². The molecule has 0 aliphatic rings. The molecule has 13 heavy (non-hydrogen) atoms. The number of hydrogen-bond donors (Lipinski definition) is 0. The smallest absolute Gasteiger partial charge is 0.436 e. The van der Waals surface area contributed by atoms with Gasteiger partial charge in [-0.05, 0) is 12.8 Å². The third-order valence-electron chi connectivity index (χ3n) is 1.56. The maximum atomic E-state index is 11.1. The van der Waals surface area contributed by atoms with Crippen LogP contribution in [-0.4, -0.2) is 27.7 Å². The summed E-state index contributed by atoms with van der Waals surface area (Å²) in [7, 11) is 0. The van der Waals surface area contributed by atoms with Crippen molar-refractivity contribution in [2.45, 2.75) is 26.7 Å². The fourth-order valence-corrected chi connectivity index (χ4v) is 0.820. The van der Waals surface area contributed by atoms with Gasteiger partial charge in [0.1, 0.15) is 0 Å². The van der Waals surface area contributed by atoms with Crippen LogP contribution in [0.15, 0.2) is 6.20 Å². The zero-order valence-electron chi connectivity index (χ0n) is 8.02. The van der Waals surface area contributed by atoms with Gasteiger partial charge in [-0.25, -0.2) is 4.79 Å². The van der Waals surface area contributed by atoms with Gasteiger partial charge in [0.15, 0.2) is 0 Å². The highest BCUT2D eigenvalue weighted by Crippen LogP contribution is 2.08. The van der Waals surface area contributed by atoms with E-state index in [9.17, 15) is 4.79 Å². The van der Waals surface area contributed by atoms with Crippen molar-refractivity contribution < 1.29 is 9.53 Å². The van der Waals surface area contributed by atoms with Gasteiger partial charge < -0.3 is 4.74 Å². The van der Waals surface area contributed by atoms with Crippen molar-refractivity contribution in [2.75, 3.05) is 6.61 Å². The molecule has 1 heterocycles. The van der Waals surface area contributed by atoms with E-state index in [1.54, 1.807) is 13.1 Å². The fourth-order valence-electron chi connectivity index (χ4n) is 0.820.